The van der Waals surface area contributed by atoms with Crippen molar-refractivity contribution in [1.29, 1.82) is 0 Å². The molecule has 0 saturated heterocycles. The Morgan fingerprint density at radius 2 is 2.25 bits per heavy atom. The van der Waals surface area contributed by atoms with Crippen molar-refractivity contribution < 1.29 is 9.90 Å². The number of aliphatic hydroxyl groups excluding tert-OH is 1. The van der Waals surface area contributed by atoms with E-state index in [9.17, 15) is 9.90 Å². The zero-order valence-corrected chi connectivity index (χ0v) is 8.27. The summed E-state index contributed by atoms with van der Waals surface area (Å²) < 4.78 is 0. The van der Waals surface area contributed by atoms with E-state index in [1.54, 1.807) is 6.92 Å². The van der Waals surface area contributed by atoms with Gasteiger partial charge in [-0.1, -0.05) is 13.3 Å². The third-order valence-corrected chi connectivity index (χ3v) is 1.91. The Bertz CT molecular complexity index is 141. The van der Waals surface area contributed by atoms with Gasteiger partial charge in [-0.15, -0.1) is 11.6 Å². The summed E-state index contributed by atoms with van der Waals surface area (Å²) in [5.41, 5.74) is 0. The van der Waals surface area contributed by atoms with Gasteiger partial charge in [0.2, 0.25) is 5.91 Å². The molecule has 0 spiro atoms. The van der Waals surface area contributed by atoms with Crippen molar-refractivity contribution in [1.82, 2.24) is 5.32 Å². The van der Waals surface area contributed by atoms with Gasteiger partial charge in [0.25, 0.3) is 0 Å². The Morgan fingerprint density at radius 1 is 1.67 bits per heavy atom. The van der Waals surface area contributed by atoms with E-state index in [-0.39, 0.29) is 17.8 Å². The minimum atomic E-state index is -0.470. The van der Waals surface area contributed by atoms with E-state index in [0.29, 0.717) is 6.42 Å². The fourth-order valence-corrected chi connectivity index (χ4v) is 1.01. The van der Waals surface area contributed by atoms with Crippen LogP contribution in [0.1, 0.15) is 26.7 Å². The van der Waals surface area contributed by atoms with Gasteiger partial charge in [-0.3, -0.25) is 4.79 Å². The summed E-state index contributed by atoms with van der Waals surface area (Å²) in [4.78, 5) is 10.8. The maximum atomic E-state index is 10.8. The number of rotatable bonds is 5. The van der Waals surface area contributed by atoms with Crippen LogP contribution in [0, 0.1) is 0 Å². The molecule has 0 heterocycles. The number of carbonyl (C=O) groups is 1. The highest BCUT2D eigenvalue weighted by Gasteiger charge is 2.14. The van der Waals surface area contributed by atoms with Crippen molar-refractivity contribution in [3.63, 3.8) is 0 Å². The van der Waals surface area contributed by atoms with E-state index in [4.69, 9.17) is 11.6 Å². The van der Waals surface area contributed by atoms with Crippen molar-refractivity contribution in [2.24, 2.45) is 0 Å². The third-order valence-electron chi connectivity index (χ3n) is 1.67. The lowest BCUT2D eigenvalue weighted by atomic mass is 10.1. The average Bonchev–Trinajstić information content (AvgIpc) is 2.04. The lowest BCUT2D eigenvalue weighted by Crippen LogP contribution is -2.41. The van der Waals surface area contributed by atoms with Crippen LogP contribution >= 0.6 is 11.6 Å². The number of hydrogen-bond donors (Lipinski definition) is 2. The predicted molar refractivity (Wildman–Crippen MR) is 49.2 cm³/mol. The molecule has 0 unspecified atom stereocenters. The second kappa shape index (κ2) is 6.26. The largest absolute Gasteiger partial charge is 0.391 e. The molecule has 72 valence electrons. The van der Waals surface area contributed by atoms with E-state index in [1.165, 1.54) is 0 Å². The minimum Gasteiger partial charge on any atom is -0.391 e. The molecule has 0 aliphatic carbocycles. The first-order chi connectivity index (χ1) is 5.61. The maximum absolute atomic E-state index is 10.8. The predicted octanol–water partition coefficient (Wildman–Crippen LogP) is 0.891. The number of carbonyl (C=O) groups excluding carboxylic acids is 1. The molecular formula is C8H16ClNO2. The summed E-state index contributed by atoms with van der Waals surface area (Å²) in [6, 6.07) is -0.212. The highest BCUT2D eigenvalue weighted by Crippen LogP contribution is 2.01. The van der Waals surface area contributed by atoms with Gasteiger partial charge in [-0.25, -0.2) is 0 Å². The standard InChI is InChI=1S/C8H16ClNO2/c1-3-4-7(11)6(2)10-8(12)5-9/h6-7,11H,3-5H2,1-2H3,(H,10,12)/t6-,7+/m0/s1. The van der Waals surface area contributed by atoms with Crippen LogP contribution in [-0.4, -0.2) is 29.0 Å². The summed E-state index contributed by atoms with van der Waals surface area (Å²) in [6.07, 6.45) is 1.13. The van der Waals surface area contributed by atoms with Gasteiger partial charge in [-0.2, -0.15) is 0 Å². The van der Waals surface area contributed by atoms with E-state index < -0.39 is 6.10 Å². The molecule has 0 rings (SSSR count). The molecule has 0 radical (unpaired) electrons. The molecule has 0 bridgehead atoms. The normalized spacial score (nSPS) is 15.3. The van der Waals surface area contributed by atoms with Gasteiger partial charge in [0.15, 0.2) is 0 Å². The summed E-state index contributed by atoms with van der Waals surface area (Å²) in [7, 11) is 0. The van der Waals surface area contributed by atoms with Crippen LogP contribution in [0.3, 0.4) is 0 Å². The molecular weight excluding hydrogens is 178 g/mol. The summed E-state index contributed by atoms with van der Waals surface area (Å²) >= 11 is 5.28. The monoisotopic (exact) mass is 193 g/mol. The highest BCUT2D eigenvalue weighted by atomic mass is 35.5. The van der Waals surface area contributed by atoms with Crippen LogP contribution < -0.4 is 5.32 Å². The Kier molecular flexibility index (Phi) is 6.11. The highest BCUT2D eigenvalue weighted by molar-refractivity contribution is 6.27. The van der Waals surface area contributed by atoms with Gasteiger partial charge in [0.05, 0.1) is 12.1 Å². The van der Waals surface area contributed by atoms with Gasteiger partial charge in [0, 0.05) is 0 Å². The third kappa shape index (κ3) is 4.57. The molecule has 2 atom stereocenters. The van der Waals surface area contributed by atoms with Crippen LogP contribution in [0.2, 0.25) is 0 Å². The molecule has 0 fully saturated rings. The van der Waals surface area contributed by atoms with E-state index in [0.717, 1.165) is 6.42 Å². The molecule has 3 nitrogen and oxygen atoms in total. The molecule has 0 aliphatic heterocycles. The van der Waals surface area contributed by atoms with Crippen LogP contribution in [0.25, 0.3) is 0 Å². The van der Waals surface area contributed by atoms with Gasteiger partial charge in [0.1, 0.15) is 5.88 Å². The van der Waals surface area contributed by atoms with Crippen molar-refractivity contribution in [3.8, 4) is 0 Å². The number of amides is 1. The van der Waals surface area contributed by atoms with Crippen molar-refractivity contribution in [2.75, 3.05) is 5.88 Å². The molecule has 0 aliphatic rings. The second-order valence-corrected chi connectivity index (χ2v) is 3.11. The number of alkyl halides is 1. The SMILES string of the molecule is CCC[C@@H](O)[C@H](C)NC(=O)CCl. The quantitative estimate of drug-likeness (QED) is 0.638. The molecule has 4 heteroatoms. The molecule has 12 heavy (non-hydrogen) atoms. The lowest BCUT2D eigenvalue weighted by Gasteiger charge is -2.18. The zero-order valence-electron chi connectivity index (χ0n) is 7.51. The topological polar surface area (TPSA) is 49.3 Å². The van der Waals surface area contributed by atoms with Crippen molar-refractivity contribution in [2.45, 2.75) is 38.8 Å². The molecule has 1 amide bonds. The second-order valence-electron chi connectivity index (χ2n) is 2.85. The van der Waals surface area contributed by atoms with Gasteiger partial charge >= 0.3 is 0 Å². The average molecular weight is 194 g/mol. The number of aliphatic hydroxyl groups is 1. The van der Waals surface area contributed by atoms with Crippen LogP contribution in [-0.2, 0) is 4.79 Å². The zero-order chi connectivity index (χ0) is 9.56. The van der Waals surface area contributed by atoms with E-state index in [2.05, 4.69) is 5.32 Å². The van der Waals surface area contributed by atoms with Crippen molar-refractivity contribution >= 4 is 17.5 Å². The Hall–Kier alpha value is -0.280. The fourth-order valence-electron chi connectivity index (χ4n) is 0.934. The number of hydrogen-bond acceptors (Lipinski definition) is 2. The van der Waals surface area contributed by atoms with Gasteiger partial charge < -0.3 is 10.4 Å². The first kappa shape index (κ1) is 11.7. The smallest absolute Gasteiger partial charge is 0.235 e. The maximum Gasteiger partial charge on any atom is 0.235 e. The first-order valence-corrected chi connectivity index (χ1v) is 4.68. The molecule has 0 aromatic heterocycles. The van der Waals surface area contributed by atoms with Crippen LogP contribution in [0.15, 0.2) is 0 Å². The van der Waals surface area contributed by atoms with E-state index >= 15 is 0 Å². The van der Waals surface area contributed by atoms with Crippen molar-refractivity contribution in [3.05, 3.63) is 0 Å². The van der Waals surface area contributed by atoms with Gasteiger partial charge in [-0.05, 0) is 13.3 Å². The Labute approximate surface area is 78.1 Å². The van der Waals surface area contributed by atoms with E-state index in [1.807, 2.05) is 6.92 Å². The summed E-state index contributed by atoms with van der Waals surface area (Å²) in [6.45, 7) is 3.75. The summed E-state index contributed by atoms with van der Waals surface area (Å²) in [5, 5.41) is 12.0. The Balaban J connectivity index is 3.69. The lowest BCUT2D eigenvalue weighted by molar-refractivity contribution is -0.120. The fraction of sp³-hybridized carbons (Fsp3) is 0.875. The molecule has 0 aromatic carbocycles. The number of halogens is 1. The minimum absolute atomic E-state index is 0.0524. The molecule has 2 N–H and O–H groups in total. The molecule has 0 aromatic rings. The molecule has 0 saturated carbocycles. The van der Waals surface area contributed by atoms with Crippen LogP contribution in [0.5, 0.6) is 0 Å². The van der Waals surface area contributed by atoms with Crippen LogP contribution in [0.4, 0.5) is 0 Å². The first-order valence-electron chi connectivity index (χ1n) is 4.15. The summed E-state index contributed by atoms with van der Waals surface area (Å²) in [5.74, 6) is -0.289. The Morgan fingerprint density at radius 3 is 2.67 bits per heavy atom. The number of nitrogens with one attached hydrogen (secondary N) is 1.